The molecule has 0 fully saturated rings. The monoisotopic (exact) mass is 401 g/mol. The number of nitrogens with one attached hydrogen (secondary N) is 1. The zero-order chi connectivity index (χ0) is 21.4. The Bertz CT molecular complexity index is 908. The van der Waals surface area contributed by atoms with E-state index in [0.717, 1.165) is 0 Å². The van der Waals surface area contributed by atoms with Crippen molar-refractivity contribution in [1.82, 2.24) is 5.32 Å². The number of hydrogen-bond acceptors (Lipinski definition) is 7. The molecule has 0 heterocycles. The first kappa shape index (κ1) is 21.6. The van der Waals surface area contributed by atoms with Gasteiger partial charge in [0.1, 0.15) is 6.04 Å². The van der Waals surface area contributed by atoms with Crippen molar-refractivity contribution in [3.63, 3.8) is 0 Å². The molecule has 0 saturated heterocycles. The lowest BCUT2D eigenvalue weighted by Crippen LogP contribution is -2.42. The van der Waals surface area contributed by atoms with Gasteiger partial charge in [-0.2, -0.15) is 0 Å². The predicted octanol–water partition coefficient (Wildman–Crippen LogP) is 2.20. The van der Waals surface area contributed by atoms with Crippen molar-refractivity contribution in [2.24, 2.45) is 0 Å². The SMILES string of the molecule is CCCOC(=O)[C@@H](Cc1ccc(O)c(O)c1)NC(=O)/C=C/c1ccc(O)c(O)c1. The second-order valence-corrected chi connectivity index (χ2v) is 6.34. The fourth-order valence-electron chi connectivity index (χ4n) is 2.46. The molecule has 0 aromatic heterocycles. The number of carbonyl (C=O) groups is 2. The Kier molecular flexibility index (Phi) is 7.47. The van der Waals surface area contributed by atoms with E-state index in [2.05, 4.69) is 5.32 Å². The van der Waals surface area contributed by atoms with Gasteiger partial charge in [-0.15, -0.1) is 0 Å². The lowest BCUT2D eigenvalue weighted by Gasteiger charge is -2.17. The third-order valence-electron chi connectivity index (χ3n) is 3.96. The first-order valence-electron chi connectivity index (χ1n) is 8.98. The summed E-state index contributed by atoms with van der Waals surface area (Å²) in [6.45, 7) is 2.04. The summed E-state index contributed by atoms with van der Waals surface area (Å²) in [7, 11) is 0. The quantitative estimate of drug-likeness (QED) is 0.260. The summed E-state index contributed by atoms with van der Waals surface area (Å²) >= 11 is 0. The molecule has 8 nitrogen and oxygen atoms in total. The first-order valence-corrected chi connectivity index (χ1v) is 8.98. The van der Waals surface area contributed by atoms with Crippen LogP contribution >= 0.6 is 0 Å². The molecule has 2 rings (SSSR count). The highest BCUT2D eigenvalue weighted by molar-refractivity contribution is 5.94. The van der Waals surface area contributed by atoms with Gasteiger partial charge in [-0.3, -0.25) is 4.79 Å². The van der Waals surface area contributed by atoms with E-state index in [1.807, 2.05) is 6.92 Å². The van der Waals surface area contributed by atoms with Crippen LogP contribution in [0, 0.1) is 0 Å². The van der Waals surface area contributed by atoms with Crippen LogP contribution < -0.4 is 5.32 Å². The fourth-order valence-corrected chi connectivity index (χ4v) is 2.46. The number of ether oxygens (including phenoxy) is 1. The van der Waals surface area contributed by atoms with Gasteiger partial charge in [0, 0.05) is 12.5 Å². The van der Waals surface area contributed by atoms with E-state index >= 15 is 0 Å². The van der Waals surface area contributed by atoms with Crippen LogP contribution in [0.1, 0.15) is 24.5 Å². The molecule has 0 radical (unpaired) electrons. The lowest BCUT2D eigenvalue weighted by atomic mass is 10.0. The van der Waals surface area contributed by atoms with Crippen LogP contribution in [-0.2, 0) is 20.7 Å². The molecule has 29 heavy (non-hydrogen) atoms. The molecule has 2 aromatic rings. The number of phenolic OH excluding ortho intramolecular Hbond substituents is 4. The van der Waals surface area contributed by atoms with Gasteiger partial charge < -0.3 is 30.5 Å². The average Bonchev–Trinajstić information content (AvgIpc) is 2.69. The van der Waals surface area contributed by atoms with Crippen LogP contribution in [0.25, 0.3) is 6.08 Å². The molecule has 8 heteroatoms. The molecule has 1 amide bonds. The number of esters is 1. The van der Waals surface area contributed by atoms with Gasteiger partial charge in [0.05, 0.1) is 6.61 Å². The summed E-state index contributed by atoms with van der Waals surface area (Å²) in [5.74, 6) is -2.41. The van der Waals surface area contributed by atoms with Crippen molar-refractivity contribution < 1.29 is 34.8 Å². The van der Waals surface area contributed by atoms with E-state index in [-0.39, 0.29) is 36.0 Å². The van der Waals surface area contributed by atoms with Gasteiger partial charge >= 0.3 is 5.97 Å². The van der Waals surface area contributed by atoms with Crippen LogP contribution in [-0.4, -0.2) is 45.0 Å². The number of hydrogen-bond donors (Lipinski definition) is 5. The van der Waals surface area contributed by atoms with Gasteiger partial charge in [0.2, 0.25) is 5.91 Å². The number of amides is 1. The highest BCUT2D eigenvalue weighted by Crippen LogP contribution is 2.26. The largest absolute Gasteiger partial charge is 0.504 e. The summed E-state index contributed by atoms with van der Waals surface area (Å²) in [4.78, 5) is 24.6. The zero-order valence-corrected chi connectivity index (χ0v) is 15.8. The van der Waals surface area contributed by atoms with E-state index in [1.54, 1.807) is 0 Å². The Labute approximate surface area is 167 Å². The lowest BCUT2D eigenvalue weighted by molar-refractivity contribution is -0.147. The Balaban J connectivity index is 2.11. The number of phenols is 4. The molecule has 0 bridgehead atoms. The molecule has 2 aromatic carbocycles. The molecule has 0 unspecified atom stereocenters. The predicted molar refractivity (Wildman–Crippen MR) is 105 cm³/mol. The summed E-state index contributed by atoms with van der Waals surface area (Å²) < 4.78 is 5.12. The molecular weight excluding hydrogens is 378 g/mol. The number of carbonyl (C=O) groups excluding carboxylic acids is 2. The molecule has 0 aliphatic heterocycles. The molecular formula is C21H23NO7. The number of aromatic hydroxyl groups is 4. The van der Waals surface area contributed by atoms with Crippen LogP contribution in [0.3, 0.4) is 0 Å². The summed E-state index contributed by atoms with van der Waals surface area (Å²) in [6.07, 6.45) is 3.27. The number of benzene rings is 2. The summed E-state index contributed by atoms with van der Waals surface area (Å²) in [5.41, 5.74) is 0.996. The van der Waals surface area contributed by atoms with Gasteiger partial charge in [-0.05, 0) is 47.9 Å². The van der Waals surface area contributed by atoms with E-state index in [9.17, 15) is 30.0 Å². The summed E-state index contributed by atoms with van der Waals surface area (Å²) in [6, 6.07) is 7.19. The Morgan fingerprint density at radius 2 is 1.66 bits per heavy atom. The van der Waals surface area contributed by atoms with E-state index < -0.39 is 17.9 Å². The average molecular weight is 401 g/mol. The minimum atomic E-state index is -1.00. The van der Waals surface area contributed by atoms with Crippen molar-refractivity contribution >= 4 is 18.0 Å². The Morgan fingerprint density at radius 1 is 1.00 bits per heavy atom. The number of rotatable bonds is 8. The summed E-state index contributed by atoms with van der Waals surface area (Å²) in [5, 5.41) is 40.4. The molecule has 154 valence electrons. The normalized spacial score (nSPS) is 11.9. The molecule has 0 saturated carbocycles. The van der Waals surface area contributed by atoms with Crippen LogP contribution in [0.4, 0.5) is 0 Å². The first-order chi connectivity index (χ1) is 13.8. The zero-order valence-electron chi connectivity index (χ0n) is 15.8. The smallest absolute Gasteiger partial charge is 0.328 e. The standard InChI is InChI=1S/C21H23NO7/c1-2-9-29-21(28)15(10-14-4-7-17(24)19(26)12-14)22-20(27)8-5-13-3-6-16(23)18(25)11-13/h3-8,11-12,15,23-26H,2,9-10H2,1H3,(H,22,27)/b8-5+/t15-/m1/s1. The fraction of sp³-hybridized carbons (Fsp3) is 0.238. The van der Waals surface area contributed by atoms with Crippen LogP contribution in [0.15, 0.2) is 42.5 Å². The maximum absolute atomic E-state index is 12.3. The Morgan fingerprint density at radius 3 is 2.28 bits per heavy atom. The second-order valence-electron chi connectivity index (χ2n) is 6.34. The van der Waals surface area contributed by atoms with Crippen molar-refractivity contribution in [2.75, 3.05) is 6.61 Å². The minimum absolute atomic E-state index is 0.0516. The van der Waals surface area contributed by atoms with E-state index in [0.29, 0.717) is 17.5 Å². The van der Waals surface area contributed by atoms with Crippen molar-refractivity contribution in [2.45, 2.75) is 25.8 Å². The third-order valence-corrected chi connectivity index (χ3v) is 3.96. The molecule has 0 aliphatic rings. The van der Waals surface area contributed by atoms with Crippen molar-refractivity contribution in [1.29, 1.82) is 0 Å². The minimum Gasteiger partial charge on any atom is -0.504 e. The topological polar surface area (TPSA) is 136 Å². The van der Waals surface area contributed by atoms with Crippen LogP contribution in [0.5, 0.6) is 23.0 Å². The van der Waals surface area contributed by atoms with E-state index in [4.69, 9.17) is 4.74 Å². The third kappa shape index (κ3) is 6.46. The molecule has 0 aliphatic carbocycles. The van der Waals surface area contributed by atoms with Gasteiger partial charge in [-0.25, -0.2) is 4.79 Å². The Hall–Kier alpha value is -3.68. The van der Waals surface area contributed by atoms with Crippen molar-refractivity contribution in [3.05, 3.63) is 53.6 Å². The maximum atomic E-state index is 12.3. The van der Waals surface area contributed by atoms with Gasteiger partial charge in [0.15, 0.2) is 23.0 Å². The molecule has 5 N–H and O–H groups in total. The van der Waals surface area contributed by atoms with Gasteiger partial charge in [-0.1, -0.05) is 19.1 Å². The maximum Gasteiger partial charge on any atom is 0.328 e. The molecule has 1 atom stereocenters. The van der Waals surface area contributed by atoms with Gasteiger partial charge in [0.25, 0.3) is 0 Å². The second kappa shape index (κ2) is 10.0. The highest BCUT2D eigenvalue weighted by atomic mass is 16.5. The van der Waals surface area contributed by atoms with Crippen molar-refractivity contribution in [3.8, 4) is 23.0 Å². The highest BCUT2D eigenvalue weighted by Gasteiger charge is 2.22. The van der Waals surface area contributed by atoms with Crippen LogP contribution in [0.2, 0.25) is 0 Å². The molecule has 0 spiro atoms. The van der Waals surface area contributed by atoms with E-state index in [1.165, 1.54) is 48.6 Å².